The zero-order valence-electron chi connectivity index (χ0n) is 26.7. The van der Waals surface area contributed by atoms with Crippen molar-refractivity contribution in [2.45, 2.75) is 6.92 Å². The van der Waals surface area contributed by atoms with Gasteiger partial charge in [-0.2, -0.15) is 0 Å². The Labute approximate surface area is 268 Å². The van der Waals surface area contributed by atoms with Crippen LogP contribution >= 0.6 is 8.60 Å². The Morgan fingerprint density at radius 3 is 1.07 bits per heavy atom. The molecule has 240 valence electrons. The second-order valence-corrected chi connectivity index (χ2v) is 13.0. The smallest absolute Gasteiger partial charge is 0.409 e. The molecule has 0 unspecified atom stereocenters. The predicted molar refractivity (Wildman–Crippen MR) is 182 cm³/mol. The fourth-order valence-electron chi connectivity index (χ4n) is 5.88. The molecule has 3 aromatic rings. The molecule has 10 nitrogen and oxygen atoms in total. The number of carbonyl (C=O) groups excluding carboxylic acids is 1. The summed E-state index contributed by atoms with van der Waals surface area (Å²) >= 11 is 0. The zero-order chi connectivity index (χ0) is 31.2. The molecule has 3 fully saturated rings. The van der Waals surface area contributed by atoms with Crippen molar-refractivity contribution in [2.75, 3.05) is 107 Å². The van der Waals surface area contributed by atoms with Gasteiger partial charge in [0, 0.05) is 103 Å². The van der Waals surface area contributed by atoms with Gasteiger partial charge in [-0.05, 0) is 86.9 Å². The van der Waals surface area contributed by atoms with E-state index < -0.39 is 8.60 Å². The molecule has 45 heavy (non-hydrogen) atoms. The average molecular weight is 633 g/mol. The van der Waals surface area contributed by atoms with Crippen LogP contribution in [0.1, 0.15) is 6.92 Å². The number of amides is 1. The molecule has 3 aliphatic heterocycles. The van der Waals surface area contributed by atoms with E-state index in [2.05, 4.69) is 75.0 Å². The third kappa shape index (κ3) is 8.31. The Morgan fingerprint density at radius 2 is 0.778 bits per heavy atom. The molecular weight excluding hydrogens is 587 g/mol. The van der Waals surface area contributed by atoms with Crippen molar-refractivity contribution in [2.24, 2.45) is 0 Å². The molecule has 0 radical (unpaired) electrons. The highest BCUT2D eigenvalue weighted by Gasteiger charge is 2.23. The van der Waals surface area contributed by atoms with Crippen LogP contribution in [0, 0.1) is 0 Å². The van der Waals surface area contributed by atoms with Gasteiger partial charge in [0.2, 0.25) is 5.91 Å². The first-order chi connectivity index (χ1) is 21.9. The molecule has 0 aliphatic carbocycles. The lowest BCUT2D eigenvalue weighted by atomic mass is 10.2. The van der Waals surface area contributed by atoms with Gasteiger partial charge in [-0.3, -0.25) is 4.79 Å². The van der Waals surface area contributed by atoms with Gasteiger partial charge < -0.3 is 43.0 Å². The van der Waals surface area contributed by atoms with E-state index >= 15 is 0 Å². The number of anilines is 3. The third-order valence-electron chi connectivity index (χ3n) is 8.88. The second kappa shape index (κ2) is 14.6. The van der Waals surface area contributed by atoms with E-state index in [1.54, 1.807) is 6.92 Å². The number of likely N-dealkylation sites (N-methyl/N-ethyl adjacent to an activating group) is 2. The molecule has 0 atom stereocenters. The van der Waals surface area contributed by atoms with Crippen LogP contribution in [0.15, 0.2) is 72.8 Å². The van der Waals surface area contributed by atoms with Crippen molar-refractivity contribution in [1.29, 1.82) is 0 Å². The lowest BCUT2D eigenvalue weighted by Crippen LogP contribution is -2.48. The number of hydrogen-bond acceptors (Lipinski definition) is 9. The lowest BCUT2D eigenvalue weighted by molar-refractivity contribution is -0.129. The van der Waals surface area contributed by atoms with Gasteiger partial charge >= 0.3 is 8.60 Å². The van der Waals surface area contributed by atoms with Crippen LogP contribution < -0.4 is 28.3 Å². The molecule has 11 heteroatoms. The minimum atomic E-state index is -1.79. The van der Waals surface area contributed by atoms with Crippen LogP contribution in [-0.2, 0) is 4.79 Å². The monoisotopic (exact) mass is 632 g/mol. The van der Waals surface area contributed by atoms with Gasteiger partial charge in [-0.15, -0.1) is 0 Å². The summed E-state index contributed by atoms with van der Waals surface area (Å²) in [4.78, 5) is 25.4. The molecule has 6 rings (SSSR count). The topological polar surface area (TPSA) is 64.2 Å². The molecule has 0 bridgehead atoms. The predicted octanol–water partition coefficient (Wildman–Crippen LogP) is 4.62. The van der Waals surface area contributed by atoms with Crippen molar-refractivity contribution in [1.82, 2.24) is 14.7 Å². The summed E-state index contributed by atoms with van der Waals surface area (Å²) in [5.74, 6) is 2.21. The van der Waals surface area contributed by atoms with Gasteiger partial charge in [0.25, 0.3) is 0 Å². The van der Waals surface area contributed by atoms with Gasteiger partial charge in [-0.25, -0.2) is 0 Å². The number of benzene rings is 3. The fourth-order valence-corrected chi connectivity index (χ4v) is 6.87. The van der Waals surface area contributed by atoms with E-state index in [-0.39, 0.29) is 5.91 Å². The van der Waals surface area contributed by atoms with Crippen LogP contribution in [-0.4, -0.2) is 113 Å². The molecule has 3 aromatic carbocycles. The molecule has 0 aromatic heterocycles. The van der Waals surface area contributed by atoms with Crippen molar-refractivity contribution in [3.8, 4) is 17.2 Å². The van der Waals surface area contributed by atoms with E-state index in [9.17, 15) is 4.79 Å². The van der Waals surface area contributed by atoms with Crippen LogP contribution in [0.3, 0.4) is 0 Å². The number of piperazine rings is 3. The maximum atomic E-state index is 11.7. The molecule has 0 spiro atoms. The van der Waals surface area contributed by atoms with Gasteiger partial charge in [-0.1, -0.05) is 0 Å². The molecule has 3 aliphatic rings. The highest BCUT2D eigenvalue weighted by molar-refractivity contribution is 7.43. The Morgan fingerprint density at radius 1 is 0.489 bits per heavy atom. The molecule has 1 amide bonds. The van der Waals surface area contributed by atoms with Crippen molar-refractivity contribution in [3.05, 3.63) is 72.8 Å². The Hall–Kier alpha value is -3.72. The zero-order valence-corrected chi connectivity index (χ0v) is 27.6. The highest BCUT2D eigenvalue weighted by atomic mass is 31.2. The minimum Gasteiger partial charge on any atom is -0.409 e. The molecule has 3 saturated heterocycles. The quantitative estimate of drug-likeness (QED) is 0.315. The van der Waals surface area contributed by atoms with Crippen molar-refractivity contribution < 1.29 is 18.4 Å². The minimum absolute atomic E-state index is 0.134. The van der Waals surface area contributed by atoms with Crippen LogP contribution in [0.4, 0.5) is 17.1 Å². The van der Waals surface area contributed by atoms with E-state index in [0.29, 0.717) is 17.2 Å². The normalized spacial score (nSPS) is 18.3. The molecule has 0 N–H and O–H groups in total. The summed E-state index contributed by atoms with van der Waals surface area (Å²) in [6.07, 6.45) is 0. The highest BCUT2D eigenvalue weighted by Crippen LogP contribution is 2.43. The largest absolute Gasteiger partial charge is 0.530 e. The average Bonchev–Trinajstić information content (AvgIpc) is 3.07. The standard InChI is InChI=1S/C34H45N6O4P/c1-28(41)37-24-26-40(27-25-37)31-8-14-34(15-9-31)44-45(42-32-10-4-29(5-11-32)38-20-16-35(2)17-21-38)43-33-12-6-30(7-13-33)39-22-18-36(3)19-23-39/h4-15H,16-27H2,1-3H3. The van der Waals surface area contributed by atoms with E-state index in [1.165, 1.54) is 11.4 Å². The maximum absolute atomic E-state index is 11.7. The van der Waals surface area contributed by atoms with Crippen LogP contribution in [0.2, 0.25) is 0 Å². The van der Waals surface area contributed by atoms with Crippen molar-refractivity contribution in [3.63, 3.8) is 0 Å². The van der Waals surface area contributed by atoms with E-state index in [1.807, 2.05) is 41.3 Å². The lowest BCUT2D eigenvalue weighted by Gasteiger charge is -2.35. The summed E-state index contributed by atoms with van der Waals surface area (Å²) in [7, 11) is 2.55. The van der Waals surface area contributed by atoms with Gasteiger partial charge in [0.15, 0.2) is 0 Å². The van der Waals surface area contributed by atoms with E-state index in [4.69, 9.17) is 13.6 Å². The maximum Gasteiger partial charge on any atom is 0.530 e. The van der Waals surface area contributed by atoms with Gasteiger partial charge in [0.05, 0.1) is 0 Å². The Kier molecular flexibility index (Phi) is 10.1. The number of rotatable bonds is 9. The van der Waals surface area contributed by atoms with Crippen LogP contribution in [0.5, 0.6) is 17.2 Å². The molecule has 0 saturated carbocycles. The third-order valence-corrected chi connectivity index (χ3v) is 9.96. The summed E-state index contributed by atoms with van der Waals surface area (Å²) < 4.78 is 19.0. The van der Waals surface area contributed by atoms with Gasteiger partial charge in [0.1, 0.15) is 17.2 Å². The second-order valence-electron chi connectivity index (χ2n) is 12.1. The number of nitrogens with zero attached hydrogens (tertiary/aromatic N) is 6. The number of carbonyl (C=O) groups is 1. The first-order valence-electron chi connectivity index (χ1n) is 15.9. The molecule has 3 heterocycles. The fraction of sp³-hybridized carbons (Fsp3) is 0.441. The summed E-state index contributed by atoms with van der Waals surface area (Å²) in [6.45, 7) is 13.0. The molecular formula is C34H45N6O4P. The first kappa shape index (κ1) is 31.3. The Bertz CT molecular complexity index is 1300. The Balaban J connectivity index is 1.13. The first-order valence-corrected chi connectivity index (χ1v) is 17.0. The van der Waals surface area contributed by atoms with Crippen LogP contribution in [0.25, 0.3) is 0 Å². The summed E-state index contributed by atoms with van der Waals surface area (Å²) in [6, 6.07) is 24.5. The SMILES string of the molecule is CC(=O)N1CCN(c2ccc(OP(Oc3ccc(N4CCN(C)CC4)cc3)Oc3ccc(N4CCN(C)CC4)cc3)cc2)CC1. The summed E-state index contributed by atoms with van der Waals surface area (Å²) in [5.41, 5.74) is 3.50. The van der Waals surface area contributed by atoms with Crippen molar-refractivity contribution >= 4 is 31.6 Å². The van der Waals surface area contributed by atoms with E-state index in [0.717, 1.165) is 84.2 Å². The summed E-state index contributed by atoms with van der Waals surface area (Å²) in [5, 5.41) is 0. The number of hydrogen-bond donors (Lipinski definition) is 0.